The number of carbonyl (C=O) groups excluding carboxylic acids is 4. The van der Waals surface area contributed by atoms with Gasteiger partial charge in [-0.2, -0.15) is 0 Å². The zero-order valence-electron chi connectivity index (χ0n) is 41.3. The van der Waals surface area contributed by atoms with Crippen molar-refractivity contribution in [3.8, 4) is 0 Å². The molecule has 0 aliphatic carbocycles. The summed E-state index contributed by atoms with van der Waals surface area (Å²) in [5.41, 5.74) is 7.19. The van der Waals surface area contributed by atoms with Crippen molar-refractivity contribution >= 4 is 29.7 Å². The number of rotatable bonds is 16. The van der Waals surface area contributed by atoms with Gasteiger partial charge in [0.15, 0.2) is 0 Å². The van der Waals surface area contributed by atoms with E-state index in [1.165, 1.54) is 12.8 Å². The van der Waals surface area contributed by atoms with E-state index in [4.69, 9.17) is 15.6 Å². The number of hydrogen-bond acceptors (Lipinski definition) is 9. The Morgan fingerprint density at radius 1 is 0.869 bits per heavy atom. The molecule has 0 aromatic carbocycles. The Labute approximate surface area is 371 Å². The lowest BCUT2D eigenvalue weighted by Crippen LogP contribution is -2.57. The highest BCUT2D eigenvalue weighted by Crippen LogP contribution is 2.26. The number of likely N-dealkylation sites (tertiary alicyclic amines) is 1. The van der Waals surface area contributed by atoms with Crippen molar-refractivity contribution in [1.82, 2.24) is 26.2 Å². The molecule has 0 radical (unpaired) electrons. The van der Waals surface area contributed by atoms with Crippen molar-refractivity contribution in [3.05, 3.63) is 35.6 Å². The molecule has 5 unspecified atom stereocenters. The summed E-state index contributed by atoms with van der Waals surface area (Å²) in [6.45, 7) is 38.2. The quantitative estimate of drug-likeness (QED) is 0.0664. The van der Waals surface area contributed by atoms with Gasteiger partial charge in [0.25, 0.3) is 0 Å². The molecule has 2 heterocycles. The number of piperidine rings is 2. The predicted molar refractivity (Wildman–Crippen MR) is 251 cm³/mol. The summed E-state index contributed by atoms with van der Waals surface area (Å²) in [4.78, 5) is 61.9. The first-order chi connectivity index (χ1) is 28.2. The van der Waals surface area contributed by atoms with E-state index in [1.807, 2.05) is 34.6 Å². The molecule has 0 spiro atoms. The summed E-state index contributed by atoms with van der Waals surface area (Å²) in [6.07, 6.45) is 11.7. The van der Waals surface area contributed by atoms with Gasteiger partial charge in [0.1, 0.15) is 6.04 Å². The minimum Gasteiger partial charge on any atom is -0.478 e. The molecular formula is C48H90N6O7. The van der Waals surface area contributed by atoms with Crippen LogP contribution >= 0.6 is 0 Å². The van der Waals surface area contributed by atoms with E-state index in [0.717, 1.165) is 51.6 Å². The largest absolute Gasteiger partial charge is 0.478 e. The van der Waals surface area contributed by atoms with Crippen molar-refractivity contribution in [2.24, 2.45) is 28.4 Å². The third kappa shape index (κ3) is 24.5. The predicted octanol–water partition coefficient (Wildman–Crippen LogP) is 7.65. The highest BCUT2D eigenvalue weighted by Gasteiger charge is 2.36. The molecule has 0 saturated carbocycles. The summed E-state index contributed by atoms with van der Waals surface area (Å²) in [5.74, 6) is -1.02. The highest BCUT2D eigenvalue weighted by atomic mass is 16.5. The Balaban J connectivity index is 0. The number of allylic oxidation sites excluding steroid dienone is 1. The highest BCUT2D eigenvalue weighted by molar-refractivity contribution is 5.90. The summed E-state index contributed by atoms with van der Waals surface area (Å²) >= 11 is 0. The molecule has 354 valence electrons. The molecule has 2 aliphatic rings. The van der Waals surface area contributed by atoms with Crippen LogP contribution in [0.1, 0.15) is 162 Å². The van der Waals surface area contributed by atoms with E-state index in [1.54, 1.807) is 32.9 Å². The second-order valence-electron chi connectivity index (χ2n) is 18.9. The minimum absolute atomic E-state index is 0.00245. The summed E-state index contributed by atoms with van der Waals surface area (Å²) in [7, 11) is 0. The van der Waals surface area contributed by atoms with Gasteiger partial charge in [-0.05, 0) is 95.6 Å². The van der Waals surface area contributed by atoms with Crippen LogP contribution in [0.2, 0.25) is 0 Å². The summed E-state index contributed by atoms with van der Waals surface area (Å²) in [6, 6.07) is -0.667. The topological polar surface area (TPSA) is 192 Å². The Bertz CT molecular complexity index is 1410. The molecule has 2 rings (SSSR count). The van der Waals surface area contributed by atoms with Gasteiger partial charge in [-0.25, -0.2) is 9.59 Å². The number of carboxylic acids is 1. The van der Waals surface area contributed by atoms with Crippen molar-refractivity contribution in [2.75, 3.05) is 26.2 Å². The number of nitrogens with two attached hydrogens (primary N) is 1. The van der Waals surface area contributed by atoms with Crippen LogP contribution in [-0.2, 0) is 28.7 Å². The number of nitrogens with zero attached hydrogens (tertiary/aromatic N) is 1. The number of esters is 1. The lowest BCUT2D eigenvalue weighted by atomic mass is 9.84. The SMILES string of the molecule is C=C(N)C(NC(=O)C1CCCCN1C(C)C(C)C)C(C)(C)C.CCC.CCC(C)(C)/C=C(\C)C(=O)O.CCOC(=O)/C(C)=C/CNC(=O)C(NC(=O)C1CCCCN1)C(C)C. The van der Waals surface area contributed by atoms with Crippen LogP contribution in [0.4, 0.5) is 0 Å². The van der Waals surface area contributed by atoms with Crippen molar-refractivity contribution in [1.29, 1.82) is 0 Å². The Morgan fingerprint density at radius 2 is 1.44 bits per heavy atom. The molecular weight excluding hydrogens is 773 g/mol. The van der Waals surface area contributed by atoms with E-state index in [-0.39, 0.29) is 59.1 Å². The van der Waals surface area contributed by atoms with E-state index in [2.05, 4.69) is 88.1 Å². The monoisotopic (exact) mass is 863 g/mol. The number of amides is 3. The number of hydrogen-bond donors (Lipinski definition) is 6. The molecule has 2 fully saturated rings. The molecule has 0 aromatic heterocycles. The Hall–Kier alpha value is -3.71. The smallest absolute Gasteiger partial charge is 0.333 e. The molecule has 5 atom stereocenters. The average molecular weight is 863 g/mol. The van der Waals surface area contributed by atoms with Crippen LogP contribution < -0.4 is 27.0 Å². The number of carboxylic acid groups (broad SMARTS) is 1. The molecule has 2 saturated heterocycles. The van der Waals surface area contributed by atoms with Crippen LogP contribution in [0, 0.1) is 22.7 Å². The molecule has 61 heavy (non-hydrogen) atoms. The fourth-order valence-corrected chi connectivity index (χ4v) is 6.57. The molecule has 7 N–H and O–H groups in total. The fourth-order valence-electron chi connectivity index (χ4n) is 6.57. The maximum atomic E-state index is 12.8. The van der Waals surface area contributed by atoms with Crippen LogP contribution in [0.25, 0.3) is 0 Å². The van der Waals surface area contributed by atoms with Gasteiger partial charge < -0.3 is 36.8 Å². The van der Waals surface area contributed by atoms with Gasteiger partial charge in [0.05, 0.1) is 24.7 Å². The van der Waals surface area contributed by atoms with Gasteiger partial charge in [0.2, 0.25) is 17.7 Å². The lowest BCUT2D eigenvalue weighted by Gasteiger charge is -2.42. The molecule has 13 heteroatoms. The Morgan fingerprint density at radius 3 is 1.89 bits per heavy atom. The van der Waals surface area contributed by atoms with Crippen LogP contribution in [0.15, 0.2) is 35.6 Å². The normalized spacial score (nSPS) is 18.9. The molecule has 2 aliphatic heterocycles. The maximum Gasteiger partial charge on any atom is 0.333 e. The maximum absolute atomic E-state index is 12.8. The van der Waals surface area contributed by atoms with Gasteiger partial charge in [0, 0.05) is 29.4 Å². The van der Waals surface area contributed by atoms with Gasteiger partial charge in [-0.1, -0.05) is 121 Å². The summed E-state index contributed by atoms with van der Waals surface area (Å²) in [5, 5.41) is 20.5. The van der Waals surface area contributed by atoms with E-state index >= 15 is 0 Å². The number of carbonyl (C=O) groups is 5. The van der Waals surface area contributed by atoms with Gasteiger partial charge in [-0.3, -0.25) is 19.3 Å². The van der Waals surface area contributed by atoms with Crippen LogP contribution in [0.3, 0.4) is 0 Å². The number of ether oxygens (including phenoxy) is 1. The second-order valence-corrected chi connectivity index (χ2v) is 18.9. The van der Waals surface area contributed by atoms with Gasteiger partial charge >= 0.3 is 11.9 Å². The fraction of sp³-hybridized carbons (Fsp3) is 0.771. The number of nitrogens with one attached hydrogen (secondary N) is 4. The first-order valence-corrected chi connectivity index (χ1v) is 22.8. The third-order valence-electron chi connectivity index (χ3n) is 10.9. The van der Waals surface area contributed by atoms with Gasteiger partial charge in [-0.15, -0.1) is 0 Å². The number of aliphatic carboxylic acids is 1. The average Bonchev–Trinajstić information content (AvgIpc) is 3.18. The van der Waals surface area contributed by atoms with Crippen LogP contribution in [-0.4, -0.2) is 96.1 Å². The van der Waals surface area contributed by atoms with E-state index < -0.39 is 18.0 Å². The minimum atomic E-state index is -0.827. The van der Waals surface area contributed by atoms with Crippen molar-refractivity contribution in [2.45, 2.75) is 192 Å². The van der Waals surface area contributed by atoms with Crippen LogP contribution in [0.5, 0.6) is 0 Å². The summed E-state index contributed by atoms with van der Waals surface area (Å²) < 4.78 is 4.88. The van der Waals surface area contributed by atoms with Crippen molar-refractivity contribution in [3.63, 3.8) is 0 Å². The zero-order valence-corrected chi connectivity index (χ0v) is 41.3. The van der Waals surface area contributed by atoms with Crippen molar-refractivity contribution < 1.29 is 33.8 Å². The lowest BCUT2D eigenvalue weighted by molar-refractivity contribution is -0.138. The molecule has 0 bridgehead atoms. The van der Waals surface area contributed by atoms with E-state index in [9.17, 15) is 24.0 Å². The first-order valence-electron chi connectivity index (χ1n) is 22.8. The zero-order chi connectivity index (χ0) is 47.7. The standard InChI is InChI=1S/C18H31N3O4.C18H35N3O.C9H16O2.C3H8/c1-5-25-18(24)13(4)9-11-20-17(23)15(12(2)3)21-16(22)14-8-6-7-10-19-14;1-12(2)14(4)21-11-9-8-10-15(21)17(22)20-16(13(3)19)18(5,6)7;1-5-9(3,4)6-7(2)8(10)11;1-3-2/h9,12,14-15,19H,5-8,10-11H2,1-4H3,(H,20,23)(H,21,22);12,14-16H,3,8-11,19H2,1-2,4-7H3,(H,20,22);6H,5H2,1-4H3,(H,10,11);3H2,1-2H3/b13-9+;;7-6+;. The second kappa shape index (κ2) is 30.4. The Kier molecular flexibility index (Phi) is 29.6. The molecule has 3 amide bonds. The first kappa shape index (κ1) is 59.4. The third-order valence-corrected chi connectivity index (χ3v) is 10.9. The molecule has 0 aromatic rings. The molecule has 13 nitrogen and oxygen atoms in total. The van der Waals surface area contributed by atoms with E-state index in [0.29, 0.717) is 35.4 Å².